The third-order valence-corrected chi connectivity index (χ3v) is 4.57. The molecule has 0 saturated carbocycles. The lowest BCUT2D eigenvalue weighted by molar-refractivity contribution is -0.137. The predicted octanol–water partition coefficient (Wildman–Crippen LogP) is 4.69. The molecule has 0 aromatic heterocycles. The zero-order valence-electron chi connectivity index (χ0n) is 17.5. The summed E-state index contributed by atoms with van der Waals surface area (Å²) in [7, 11) is 0. The summed E-state index contributed by atoms with van der Waals surface area (Å²) in [5, 5.41) is 21.5. The number of carboxylic acid groups (broad SMARTS) is 1. The van der Waals surface area contributed by atoms with Gasteiger partial charge in [-0.15, -0.1) is 0 Å². The Balaban J connectivity index is 0.000000941. The third-order valence-electron chi connectivity index (χ3n) is 4.57. The Morgan fingerprint density at radius 3 is 2.26 bits per heavy atom. The second-order valence-corrected chi connectivity index (χ2v) is 7.27. The van der Waals surface area contributed by atoms with Gasteiger partial charge in [0.05, 0.1) is 19.3 Å². The quantitative estimate of drug-likeness (QED) is 0.282. The van der Waals surface area contributed by atoms with Crippen LogP contribution in [-0.4, -0.2) is 48.6 Å². The van der Waals surface area contributed by atoms with Gasteiger partial charge in [-0.25, -0.2) is 0 Å². The van der Waals surface area contributed by atoms with Gasteiger partial charge in [0.1, 0.15) is 0 Å². The molecule has 1 aliphatic rings. The smallest absolute Gasteiger partial charge is 0.303 e. The number of aliphatic carboxylic acids is 1. The fourth-order valence-electron chi connectivity index (χ4n) is 2.88. The molecule has 0 spiro atoms. The normalized spacial score (nSPS) is 15.3. The van der Waals surface area contributed by atoms with Gasteiger partial charge < -0.3 is 20.3 Å². The first-order valence-electron chi connectivity index (χ1n) is 11.0. The summed E-state index contributed by atoms with van der Waals surface area (Å²) in [5.41, 5.74) is 0. The second-order valence-electron chi connectivity index (χ2n) is 7.27. The Morgan fingerprint density at radius 1 is 1.00 bits per heavy atom. The molecule has 0 amide bonds. The van der Waals surface area contributed by atoms with Crippen LogP contribution in [0.5, 0.6) is 0 Å². The van der Waals surface area contributed by atoms with Crippen LogP contribution in [0.4, 0.5) is 0 Å². The zero-order chi connectivity index (χ0) is 20.0. The maximum atomic E-state index is 10.3. The Labute approximate surface area is 166 Å². The van der Waals surface area contributed by atoms with Crippen molar-refractivity contribution < 1.29 is 19.7 Å². The van der Waals surface area contributed by atoms with Crippen LogP contribution in [-0.2, 0) is 9.53 Å². The second kappa shape index (κ2) is 21.4. The summed E-state index contributed by atoms with van der Waals surface area (Å²) >= 11 is 0. The maximum absolute atomic E-state index is 10.3. The van der Waals surface area contributed by atoms with Crippen molar-refractivity contribution in [3.8, 4) is 0 Å². The molecule has 1 heterocycles. The molecule has 1 fully saturated rings. The largest absolute Gasteiger partial charge is 0.481 e. The van der Waals surface area contributed by atoms with Crippen LogP contribution in [0.15, 0.2) is 12.2 Å². The molecule has 27 heavy (non-hydrogen) atoms. The molecule has 1 saturated heterocycles. The zero-order valence-corrected chi connectivity index (χ0v) is 17.5. The molecule has 0 aromatic rings. The summed E-state index contributed by atoms with van der Waals surface area (Å²) in [5.74, 6) is -0.689. The lowest BCUT2D eigenvalue weighted by atomic mass is 10.1. The molecular formula is C22H43NO4. The lowest BCUT2D eigenvalue weighted by Gasteiger charge is -2.10. The van der Waals surface area contributed by atoms with Gasteiger partial charge in [-0.1, -0.05) is 64.0 Å². The Hall–Kier alpha value is -0.910. The van der Waals surface area contributed by atoms with Crippen molar-refractivity contribution in [1.29, 1.82) is 0 Å². The van der Waals surface area contributed by atoms with Crippen LogP contribution in [0.25, 0.3) is 0 Å². The number of aliphatic hydroxyl groups excluding tert-OH is 1. The van der Waals surface area contributed by atoms with E-state index in [1.54, 1.807) is 0 Å². The number of aliphatic hydroxyl groups is 1. The van der Waals surface area contributed by atoms with E-state index in [1.807, 2.05) is 0 Å². The highest BCUT2D eigenvalue weighted by atomic mass is 16.5. The van der Waals surface area contributed by atoms with Crippen molar-refractivity contribution in [2.45, 2.75) is 96.5 Å². The number of rotatable bonds is 15. The van der Waals surface area contributed by atoms with E-state index in [2.05, 4.69) is 24.4 Å². The maximum Gasteiger partial charge on any atom is 0.303 e. The van der Waals surface area contributed by atoms with Crippen LogP contribution >= 0.6 is 0 Å². The molecule has 160 valence electrons. The van der Waals surface area contributed by atoms with Gasteiger partial charge in [-0.3, -0.25) is 4.79 Å². The number of nitrogens with one attached hydrogen (secondary N) is 1. The summed E-state index contributed by atoms with van der Waals surface area (Å²) in [6.07, 6.45) is 17.4. The van der Waals surface area contributed by atoms with Gasteiger partial charge in [0.25, 0.3) is 0 Å². The third kappa shape index (κ3) is 23.1. The monoisotopic (exact) mass is 385 g/mol. The molecule has 0 unspecified atom stereocenters. The van der Waals surface area contributed by atoms with Crippen molar-refractivity contribution >= 4 is 5.97 Å². The molecular weight excluding hydrogens is 342 g/mol. The number of carboxylic acids is 1. The minimum atomic E-state index is -0.689. The number of morpholine rings is 1. The van der Waals surface area contributed by atoms with Gasteiger partial charge in [0.15, 0.2) is 0 Å². The molecule has 3 N–H and O–H groups in total. The molecule has 0 bridgehead atoms. The van der Waals surface area contributed by atoms with E-state index in [0.717, 1.165) is 77.7 Å². The predicted molar refractivity (Wildman–Crippen MR) is 112 cm³/mol. The molecule has 0 aliphatic carbocycles. The topological polar surface area (TPSA) is 78.8 Å². The fraction of sp³-hybridized carbons (Fsp3) is 0.864. The number of allylic oxidation sites excluding steroid dienone is 1. The van der Waals surface area contributed by atoms with Crippen molar-refractivity contribution in [3.63, 3.8) is 0 Å². The Morgan fingerprint density at radius 2 is 1.67 bits per heavy atom. The minimum absolute atomic E-state index is 0.172. The van der Waals surface area contributed by atoms with E-state index in [9.17, 15) is 9.90 Å². The van der Waals surface area contributed by atoms with Gasteiger partial charge >= 0.3 is 5.97 Å². The highest BCUT2D eigenvalue weighted by Crippen LogP contribution is 2.10. The first-order valence-corrected chi connectivity index (χ1v) is 11.0. The van der Waals surface area contributed by atoms with E-state index in [-0.39, 0.29) is 6.10 Å². The van der Waals surface area contributed by atoms with Gasteiger partial charge in [-0.05, 0) is 32.1 Å². The van der Waals surface area contributed by atoms with E-state index >= 15 is 0 Å². The van der Waals surface area contributed by atoms with E-state index in [1.165, 1.54) is 25.7 Å². The van der Waals surface area contributed by atoms with Crippen molar-refractivity contribution in [1.82, 2.24) is 5.32 Å². The lowest BCUT2D eigenvalue weighted by Crippen LogP contribution is -2.30. The molecule has 5 nitrogen and oxygen atoms in total. The van der Waals surface area contributed by atoms with Crippen LogP contribution in [0.3, 0.4) is 0 Å². The number of carbonyl (C=O) groups is 1. The van der Waals surface area contributed by atoms with E-state index in [4.69, 9.17) is 9.84 Å². The number of unbranched alkanes of at least 4 members (excludes halogenated alkanes) is 8. The van der Waals surface area contributed by atoms with Crippen LogP contribution in [0.1, 0.15) is 90.4 Å². The summed E-state index contributed by atoms with van der Waals surface area (Å²) in [6.45, 7) is 6.03. The molecule has 1 aliphatic heterocycles. The highest BCUT2D eigenvalue weighted by Gasteiger charge is 2.00. The number of hydrogen-bond donors (Lipinski definition) is 3. The van der Waals surface area contributed by atoms with Crippen molar-refractivity contribution in [2.75, 3.05) is 26.3 Å². The van der Waals surface area contributed by atoms with Crippen LogP contribution in [0.2, 0.25) is 0 Å². The average Bonchev–Trinajstić information content (AvgIpc) is 2.68. The van der Waals surface area contributed by atoms with Crippen LogP contribution in [0, 0.1) is 0 Å². The molecule has 1 atom stereocenters. The van der Waals surface area contributed by atoms with Gasteiger partial charge in [0, 0.05) is 19.5 Å². The SMILES string of the molecule is C1COCCN1.CCCCCC[C@@H](O)C/C=C\CCCCCCCC(=O)O. The first kappa shape index (κ1) is 26.1. The average molecular weight is 386 g/mol. The van der Waals surface area contributed by atoms with Gasteiger partial charge in [-0.2, -0.15) is 0 Å². The molecule has 1 rings (SSSR count). The number of hydrogen-bond acceptors (Lipinski definition) is 4. The summed E-state index contributed by atoms with van der Waals surface area (Å²) in [6, 6.07) is 0. The standard InChI is InChI=1S/C18H34O3.C4H9NO/c1-2-3-4-11-14-17(19)15-12-9-7-5-6-8-10-13-16-18(20)21;1-3-6-4-2-5-1/h9,12,17,19H,2-8,10-11,13-16H2,1H3,(H,20,21);5H,1-4H2/b12-9-;/t17-;/m1./s1. The van der Waals surface area contributed by atoms with Crippen LogP contribution < -0.4 is 5.32 Å². The molecule has 5 heteroatoms. The Bertz CT molecular complexity index is 332. The van der Waals surface area contributed by atoms with Gasteiger partial charge in [0.2, 0.25) is 0 Å². The summed E-state index contributed by atoms with van der Waals surface area (Å²) < 4.78 is 5.01. The Kier molecular flexibility index (Phi) is 20.7. The molecule has 0 radical (unpaired) electrons. The first-order chi connectivity index (χ1) is 13.2. The number of ether oxygens (including phenoxy) is 1. The fourth-order valence-corrected chi connectivity index (χ4v) is 2.88. The minimum Gasteiger partial charge on any atom is -0.481 e. The van der Waals surface area contributed by atoms with E-state index in [0.29, 0.717) is 6.42 Å². The summed E-state index contributed by atoms with van der Waals surface area (Å²) in [4.78, 5) is 10.3. The van der Waals surface area contributed by atoms with Crippen molar-refractivity contribution in [2.24, 2.45) is 0 Å². The van der Waals surface area contributed by atoms with Crippen molar-refractivity contribution in [3.05, 3.63) is 12.2 Å². The molecule has 0 aromatic carbocycles. The van der Waals surface area contributed by atoms with E-state index < -0.39 is 5.97 Å². The highest BCUT2D eigenvalue weighted by molar-refractivity contribution is 5.66.